The quantitative estimate of drug-likeness (QED) is 0.818. The van der Waals surface area contributed by atoms with Crippen molar-refractivity contribution in [3.63, 3.8) is 0 Å². The highest BCUT2D eigenvalue weighted by atomic mass is 32.2. The molecule has 124 valence electrons. The lowest BCUT2D eigenvalue weighted by atomic mass is 9.88. The van der Waals surface area contributed by atoms with E-state index in [2.05, 4.69) is 4.98 Å². The molecule has 2 atom stereocenters. The van der Waals surface area contributed by atoms with E-state index in [0.717, 1.165) is 24.8 Å². The van der Waals surface area contributed by atoms with E-state index in [4.69, 9.17) is 0 Å². The van der Waals surface area contributed by atoms with E-state index in [1.807, 2.05) is 17.0 Å². The van der Waals surface area contributed by atoms with E-state index in [1.165, 1.54) is 0 Å². The largest absolute Gasteiger partial charge is 0.338 e. The van der Waals surface area contributed by atoms with Crippen LogP contribution in [0.5, 0.6) is 0 Å². The molecule has 6 nitrogen and oxygen atoms in total. The molecule has 1 amide bonds. The second-order valence-electron chi connectivity index (χ2n) is 6.84. The van der Waals surface area contributed by atoms with Crippen molar-refractivity contribution < 1.29 is 13.2 Å². The molecule has 23 heavy (non-hydrogen) atoms. The fourth-order valence-electron chi connectivity index (χ4n) is 3.72. The van der Waals surface area contributed by atoms with E-state index < -0.39 is 10.0 Å². The molecule has 3 aliphatic rings. The summed E-state index contributed by atoms with van der Waals surface area (Å²) in [6.07, 6.45) is 5.92. The molecule has 0 radical (unpaired) electrons. The van der Waals surface area contributed by atoms with Gasteiger partial charge in [0.1, 0.15) is 0 Å². The first-order chi connectivity index (χ1) is 11.1. The number of carbonyl (C=O) groups is 1. The minimum atomic E-state index is -3.17. The average molecular weight is 335 g/mol. The number of hydrogen-bond acceptors (Lipinski definition) is 4. The Hall–Kier alpha value is -1.47. The van der Waals surface area contributed by atoms with Crippen molar-refractivity contribution in [1.82, 2.24) is 14.2 Å². The Kier molecular flexibility index (Phi) is 3.65. The number of carbonyl (C=O) groups excluding carboxylic acids is 1. The van der Waals surface area contributed by atoms with E-state index in [-0.39, 0.29) is 23.0 Å². The number of pyridine rings is 1. The summed E-state index contributed by atoms with van der Waals surface area (Å²) < 4.78 is 26.4. The maximum absolute atomic E-state index is 12.8. The van der Waals surface area contributed by atoms with Gasteiger partial charge >= 0.3 is 0 Å². The van der Waals surface area contributed by atoms with E-state index in [9.17, 15) is 13.2 Å². The number of hydrogen-bond donors (Lipinski definition) is 0. The SMILES string of the molecule is O=C1C2CN(S(=O)(=O)C3CC3)CC2CCN1Cc1cccnc1. The van der Waals surface area contributed by atoms with Gasteiger partial charge in [-0.15, -0.1) is 0 Å². The number of likely N-dealkylation sites (tertiary alicyclic amines) is 1. The van der Waals surface area contributed by atoms with Crippen LogP contribution in [0.25, 0.3) is 0 Å². The lowest BCUT2D eigenvalue weighted by Crippen LogP contribution is -2.44. The van der Waals surface area contributed by atoms with Crippen molar-refractivity contribution in [2.75, 3.05) is 19.6 Å². The molecule has 1 aromatic rings. The highest BCUT2D eigenvalue weighted by Crippen LogP contribution is 2.38. The van der Waals surface area contributed by atoms with Crippen molar-refractivity contribution in [1.29, 1.82) is 0 Å². The van der Waals surface area contributed by atoms with Crippen LogP contribution in [-0.2, 0) is 21.4 Å². The highest BCUT2D eigenvalue weighted by molar-refractivity contribution is 7.90. The van der Waals surface area contributed by atoms with Crippen LogP contribution in [0.15, 0.2) is 24.5 Å². The molecule has 3 fully saturated rings. The average Bonchev–Trinajstić information content (AvgIpc) is 3.31. The molecule has 1 aliphatic carbocycles. The van der Waals surface area contributed by atoms with Crippen LogP contribution in [0, 0.1) is 11.8 Å². The van der Waals surface area contributed by atoms with Gasteiger partial charge in [0.25, 0.3) is 0 Å². The van der Waals surface area contributed by atoms with Crippen molar-refractivity contribution >= 4 is 15.9 Å². The second kappa shape index (κ2) is 5.56. The molecule has 1 aromatic heterocycles. The van der Waals surface area contributed by atoms with Gasteiger partial charge in [0.15, 0.2) is 0 Å². The van der Waals surface area contributed by atoms with Gasteiger partial charge in [-0.25, -0.2) is 12.7 Å². The summed E-state index contributed by atoms with van der Waals surface area (Å²) in [6, 6.07) is 3.83. The number of fused-ring (bicyclic) bond motifs is 1. The summed E-state index contributed by atoms with van der Waals surface area (Å²) in [6.45, 7) is 2.15. The minimum absolute atomic E-state index is 0.0959. The van der Waals surface area contributed by atoms with Crippen LogP contribution >= 0.6 is 0 Å². The number of sulfonamides is 1. The molecule has 4 rings (SSSR count). The van der Waals surface area contributed by atoms with Gasteiger partial charge in [0.05, 0.1) is 11.2 Å². The van der Waals surface area contributed by atoms with Crippen LogP contribution in [0.1, 0.15) is 24.8 Å². The third-order valence-electron chi connectivity index (χ3n) is 5.21. The molecular formula is C16H21N3O3S. The monoisotopic (exact) mass is 335 g/mol. The Morgan fingerprint density at radius 1 is 1.22 bits per heavy atom. The van der Waals surface area contributed by atoms with Gasteiger partial charge in [-0.05, 0) is 36.8 Å². The lowest BCUT2D eigenvalue weighted by Gasteiger charge is -2.33. The lowest BCUT2D eigenvalue weighted by molar-refractivity contribution is -0.140. The first-order valence-corrected chi connectivity index (χ1v) is 9.72. The third-order valence-corrected chi connectivity index (χ3v) is 7.54. The molecule has 3 heterocycles. The molecule has 7 heteroatoms. The predicted octanol–water partition coefficient (Wildman–Crippen LogP) is 0.854. The Labute approximate surface area is 136 Å². The molecule has 2 unspecified atom stereocenters. The summed E-state index contributed by atoms with van der Waals surface area (Å²) in [7, 11) is -3.17. The maximum atomic E-state index is 12.8. The zero-order valence-electron chi connectivity index (χ0n) is 13.0. The molecular weight excluding hydrogens is 314 g/mol. The van der Waals surface area contributed by atoms with E-state index in [1.54, 1.807) is 16.7 Å². The van der Waals surface area contributed by atoms with Gasteiger partial charge < -0.3 is 4.90 Å². The Bertz CT molecular complexity index is 703. The minimum Gasteiger partial charge on any atom is -0.338 e. The van der Waals surface area contributed by atoms with Crippen LogP contribution in [0.2, 0.25) is 0 Å². The highest BCUT2D eigenvalue weighted by Gasteiger charge is 2.49. The normalized spacial score (nSPS) is 28.9. The molecule has 2 aliphatic heterocycles. The van der Waals surface area contributed by atoms with Crippen molar-refractivity contribution in [3.05, 3.63) is 30.1 Å². The topological polar surface area (TPSA) is 70.6 Å². The second-order valence-corrected chi connectivity index (χ2v) is 9.05. The number of rotatable bonds is 4. The molecule has 2 saturated heterocycles. The Morgan fingerprint density at radius 2 is 2.04 bits per heavy atom. The number of aromatic nitrogens is 1. The van der Waals surface area contributed by atoms with Crippen LogP contribution < -0.4 is 0 Å². The zero-order chi connectivity index (χ0) is 16.0. The Morgan fingerprint density at radius 3 is 2.74 bits per heavy atom. The first kappa shape index (κ1) is 15.1. The van der Waals surface area contributed by atoms with E-state index >= 15 is 0 Å². The fourth-order valence-corrected chi connectivity index (χ4v) is 5.64. The van der Waals surface area contributed by atoms with Crippen molar-refractivity contribution in [3.8, 4) is 0 Å². The van der Waals surface area contributed by atoms with Crippen LogP contribution in [-0.4, -0.2) is 53.4 Å². The molecule has 1 saturated carbocycles. The third kappa shape index (κ3) is 2.76. The van der Waals surface area contributed by atoms with Crippen LogP contribution in [0.4, 0.5) is 0 Å². The summed E-state index contributed by atoms with van der Waals surface area (Å²) in [5.74, 6) is 0.105. The van der Waals surface area contributed by atoms with Gasteiger partial charge in [-0.2, -0.15) is 0 Å². The van der Waals surface area contributed by atoms with E-state index in [0.29, 0.717) is 26.2 Å². The zero-order valence-corrected chi connectivity index (χ0v) is 13.8. The molecule has 0 bridgehead atoms. The predicted molar refractivity (Wildman–Crippen MR) is 84.8 cm³/mol. The summed E-state index contributed by atoms with van der Waals surface area (Å²) in [5.41, 5.74) is 1.01. The summed E-state index contributed by atoms with van der Waals surface area (Å²) in [5, 5.41) is -0.191. The molecule has 0 aromatic carbocycles. The van der Waals surface area contributed by atoms with Gasteiger partial charge in [-0.3, -0.25) is 9.78 Å². The number of nitrogens with zero attached hydrogens (tertiary/aromatic N) is 3. The summed E-state index contributed by atoms with van der Waals surface area (Å²) in [4.78, 5) is 18.7. The van der Waals surface area contributed by atoms with Crippen LogP contribution in [0.3, 0.4) is 0 Å². The van der Waals surface area contributed by atoms with Gasteiger partial charge in [-0.1, -0.05) is 6.07 Å². The van der Waals surface area contributed by atoms with Gasteiger partial charge in [0, 0.05) is 38.6 Å². The summed E-state index contributed by atoms with van der Waals surface area (Å²) >= 11 is 0. The molecule has 0 N–H and O–H groups in total. The number of piperidine rings is 1. The maximum Gasteiger partial charge on any atom is 0.227 e. The smallest absolute Gasteiger partial charge is 0.227 e. The standard InChI is InChI=1S/C16H21N3O3S/c20-16-15-11-19(23(21,22)14-3-4-14)10-13(15)5-7-18(16)9-12-2-1-6-17-8-12/h1-2,6,8,13-15H,3-5,7,9-11H2. The first-order valence-electron chi connectivity index (χ1n) is 8.22. The van der Waals surface area contributed by atoms with Gasteiger partial charge in [0.2, 0.25) is 15.9 Å². The number of amides is 1. The fraction of sp³-hybridized carbons (Fsp3) is 0.625. The van der Waals surface area contributed by atoms with Crippen molar-refractivity contribution in [2.24, 2.45) is 11.8 Å². The Balaban J connectivity index is 1.46. The van der Waals surface area contributed by atoms with Crippen molar-refractivity contribution in [2.45, 2.75) is 31.1 Å². The molecule has 0 spiro atoms.